The Balaban J connectivity index is 1.22. The number of nitrogens with zero attached hydrogens (tertiary/aromatic N) is 3. The summed E-state index contributed by atoms with van der Waals surface area (Å²) in [7, 11) is 0. The third-order valence-electron chi connectivity index (χ3n) is 7.46. The maximum Gasteiger partial charge on any atom is 0.247 e. The number of benzene rings is 2. The van der Waals surface area contributed by atoms with Gasteiger partial charge in [0.1, 0.15) is 17.7 Å². The Bertz CT molecular complexity index is 1120. The van der Waals surface area contributed by atoms with Crippen LogP contribution >= 0.6 is 0 Å². The van der Waals surface area contributed by atoms with Crippen LogP contribution in [0.3, 0.4) is 0 Å². The maximum absolute atomic E-state index is 14.5. The van der Waals surface area contributed by atoms with Gasteiger partial charge in [0.05, 0.1) is 0 Å². The fourth-order valence-corrected chi connectivity index (χ4v) is 5.46. The van der Waals surface area contributed by atoms with Crippen LogP contribution in [-0.4, -0.2) is 73.0 Å². The quantitative estimate of drug-likeness (QED) is 0.700. The average Bonchev–Trinajstić information content (AvgIpc) is 3.50. The van der Waals surface area contributed by atoms with Crippen LogP contribution in [0, 0.1) is 18.6 Å². The molecule has 5 rings (SSSR count). The van der Waals surface area contributed by atoms with Crippen molar-refractivity contribution in [3.05, 3.63) is 53.1 Å². The molecule has 2 aromatic carbocycles. The molecule has 2 saturated heterocycles. The number of fused-ring (bicyclic) bond motifs is 1. The lowest BCUT2D eigenvalue weighted by molar-refractivity contribution is -0.130. The van der Waals surface area contributed by atoms with Gasteiger partial charge in [0.15, 0.2) is 0 Å². The Morgan fingerprint density at radius 3 is 2.54 bits per heavy atom. The third-order valence-corrected chi connectivity index (χ3v) is 7.46. The first-order chi connectivity index (χ1) is 16.8. The lowest BCUT2D eigenvalue weighted by atomic mass is 10.1. The van der Waals surface area contributed by atoms with Crippen molar-refractivity contribution in [1.82, 2.24) is 9.80 Å². The van der Waals surface area contributed by atoms with Crippen LogP contribution in [0.25, 0.3) is 0 Å². The number of carbonyl (C=O) groups is 2. The molecule has 0 aromatic heterocycles. The normalized spacial score (nSPS) is 22.2. The first-order valence-corrected chi connectivity index (χ1v) is 12.2. The summed E-state index contributed by atoms with van der Waals surface area (Å²) < 4.78 is 28.7. The van der Waals surface area contributed by atoms with Gasteiger partial charge < -0.3 is 20.4 Å². The van der Waals surface area contributed by atoms with E-state index in [0.717, 1.165) is 56.9 Å². The predicted molar refractivity (Wildman–Crippen MR) is 132 cm³/mol. The molecule has 3 heterocycles. The summed E-state index contributed by atoms with van der Waals surface area (Å²) in [5, 5.41) is 5.93. The Hall–Kier alpha value is -3.20. The van der Waals surface area contributed by atoms with E-state index < -0.39 is 11.9 Å². The second-order valence-electron chi connectivity index (χ2n) is 9.74. The van der Waals surface area contributed by atoms with Gasteiger partial charge in [-0.25, -0.2) is 8.78 Å². The minimum Gasteiger partial charge on any atom is -0.373 e. The number of aryl methyl sites for hydroxylation is 1. The summed E-state index contributed by atoms with van der Waals surface area (Å²) in [5.41, 5.74) is 3.18. The van der Waals surface area contributed by atoms with Crippen molar-refractivity contribution in [2.45, 2.75) is 38.8 Å². The highest BCUT2D eigenvalue weighted by molar-refractivity contribution is 5.98. The van der Waals surface area contributed by atoms with Crippen LogP contribution in [0.1, 0.15) is 24.5 Å². The maximum atomic E-state index is 14.5. The molecule has 2 N–H and O–H groups in total. The summed E-state index contributed by atoms with van der Waals surface area (Å²) in [6.07, 6.45) is 1.22. The zero-order valence-electron chi connectivity index (χ0n) is 20.1. The summed E-state index contributed by atoms with van der Waals surface area (Å²) >= 11 is 0. The standard InChI is InChI=1S/C26H31F2N5O2/c1-16-3-4-23(28)22-14-24(30-25(16)22)26(35)29-19-11-18(27)12-21(13-19)33-6-5-20(15-33)32-9-7-31(8-10-32)17(2)34/h3-4,11-13,20,24,30H,5-10,14-15H2,1-2H3,(H,29,35)/t20-,24?/m0/s1. The Kier molecular flexibility index (Phi) is 6.35. The Morgan fingerprint density at radius 1 is 1.06 bits per heavy atom. The van der Waals surface area contributed by atoms with E-state index in [2.05, 4.69) is 20.4 Å². The number of rotatable bonds is 4. The van der Waals surface area contributed by atoms with Gasteiger partial charge in [0.2, 0.25) is 11.8 Å². The van der Waals surface area contributed by atoms with Crippen LogP contribution in [0.5, 0.6) is 0 Å². The highest BCUT2D eigenvalue weighted by Crippen LogP contribution is 2.32. The molecule has 35 heavy (non-hydrogen) atoms. The second kappa shape index (κ2) is 9.45. The van der Waals surface area contributed by atoms with Gasteiger partial charge in [-0.05, 0) is 43.2 Å². The molecule has 0 saturated carbocycles. The molecule has 0 bridgehead atoms. The fraction of sp³-hybridized carbons (Fsp3) is 0.462. The third kappa shape index (κ3) is 4.82. The number of piperazine rings is 1. The molecule has 3 aliphatic rings. The molecule has 2 fully saturated rings. The van der Waals surface area contributed by atoms with Crippen molar-refractivity contribution < 1.29 is 18.4 Å². The van der Waals surface area contributed by atoms with Gasteiger partial charge in [0.25, 0.3) is 0 Å². The summed E-state index contributed by atoms with van der Waals surface area (Å²) in [6, 6.07) is 7.44. The van der Waals surface area contributed by atoms with E-state index in [4.69, 9.17) is 0 Å². The number of nitrogens with one attached hydrogen (secondary N) is 2. The molecule has 1 unspecified atom stereocenters. The average molecular weight is 484 g/mol. The summed E-state index contributed by atoms with van der Waals surface area (Å²) in [4.78, 5) is 30.9. The molecular weight excluding hydrogens is 452 g/mol. The van der Waals surface area contributed by atoms with Crippen molar-refractivity contribution >= 4 is 28.9 Å². The lowest BCUT2D eigenvalue weighted by Crippen LogP contribution is -2.52. The smallest absolute Gasteiger partial charge is 0.247 e. The fourth-order valence-electron chi connectivity index (χ4n) is 5.46. The molecule has 0 spiro atoms. The van der Waals surface area contributed by atoms with Crippen LogP contribution in [0.15, 0.2) is 30.3 Å². The van der Waals surface area contributed by atoms with E-state index in [1.807, 2.05) is 11.8 Å². The molecule has 2 atom stereocenters. The summed E-state index contributed by atoms with van der Waals surface area (Å²) in [5.74, 6) is -0.947. The minimum absolute atomic E-state index is 0.115. The van der Waals surface area contributed by atoms with Gasteiger partial charge in [-0.15, -0.1) is 0 Å². The van der Waals surface area contributed by atoms with Gasteiger partial charge in [0, 0.05) is 81.3 Å². The highest BCUT2D eigenvalue weighted by atomic mass is 19.1. The van der Waals surface area contributed by atoms with E-state index in [-0.39, 0.29) is 24.1 Å². The number of hydrogen-bond donors (Lipinski definition) is 2. The molecule has 186 valence electrons. The zero-order chi connectivity index (χ0) is 24.7. The van der Waals surface area contributed by atoms with E-state index >= 15 is 0 Å². The van der Waals surface area contributed by atoms with Crippen LogP contribution in [-0.2, 0) is 16.0 Å². The van der Waals surface area contributed by atoms with Crippen molar-refractivity contribution in [2.24, 2.45) is 0 Å². The molecule has 2 amide bonds. The van der Waals surface area contributed by atoms with Crippen molar-refractivity contribution in [2.75, 3.05) is 54.8 Å². The molecule has 0 radical (unpaired) electrons. The SMILES string of the molecule is CC(=O)N1CCN([C@H]2CCN(c3cc(F)cc(NC(=O)C4Cc5c(F)ccc(C)c5N4)c3)C2)CC1. The lowest BCUT2D eigenvalue weighted by Gasteiger charge is -2.37. The molecule has 7 nitrogen and oxygen atoms in total. The number of carbonyl (C=O) groups excluding carboxylic acids is 2. The van der Waals surface area contributed by atoms with E-state index in [0.29, 0.717) is 23.0 Å². The molecule has 9 heteroatoms. The number of amides is 2. The van der Waals surface area contributed by atoms with Crippen molar-refractivity contribution in [3.63, 3.8) is 0 Å². The van der Waals surface area contributed by atoms with Gasteiger partial charge >= 0.3 is 0 Å². The Morgan fingerprint density at radius 2 is 1.83 bits per heavy atom. The highest BCUT2D eigenvalue weighted by Gasteiger charge is 2.32. The zero-order valence-corrected chi connectivity index (χ0v) is 20.1. The van der Waals surface area contributed by atoms with E-state index in [9.17, 15) is 18.4 Å². The van der Waals surface area contributed by atoms with Crippen molar-refractivity contribution in [3.8, 4) is 0 Å². The largest absolute Gasteiger partial charge is 0.373 e. The monoisotopic (exact) mass is 483 g/mol. The van der Waals surface area contributed by atoms with E-state index in [1.165, 1.54) is 18.2 Å². The van der Waals surface area contributed by atoms with E-state index in [1.54, 1.807) is 19.1 Å². The van der Waals surface area contributed by atoms with Crippen LogP contribution in [0.4, 0.5) is 25.8 Å². The number of anilines is 3. The topological polar surface area (TPSA) is 67.9 Å². The summed E-state index contributed by atoms with van der Waals surface area (Å²) in [6.45, 7) is 8.22. The molecule has 2 aromatic rings. The van der Waals surface area contributed by atoms with Gasteiger partial charge in [-0.2, -0.15) is 0 Å². The van der Waals surface area contributed by atoms with Gasteiger partial charge in [-0.1, -0.05) is 6.07 Å². The number of halogens is 2. The number of hydrogen-bond acceptors (Lipinski definition) is 5. The first-order valence-electron chi connectivity index (χ1n) is 12.2. The van der Waals surface area contributed by atoms with Crippen LogP contribution < -0.4 is 15.5 Å². The minimum atomic E-state index is -0.614. The predicted octanol–water partition coefficient (Wildman–Crippen LogP) is 2.99. The molecule has 0 aliphatic carbocycles. The first kappa shape index (κ1) is 23.5. The van der Waals surface area contributed by atoms with Crippen molar-refractivity contribution in [1.29, 1.82) is 0 Å². The van der Waals surface area contributed by atoms with Crippen LogP contribution in [0.2, 0.25) is 0 Å². The second-order valence-corrected chi connectivity index (χ2v) is 9.74. The molecule has 3 aliphatic heterocycles. The molecular formula is C26H31F2N5O2. The Labute approximate surface area is 204 Å². The van der Waals surface area contributed by atoms with Gasteiger partial charge in [-0.3, -0.25) is 14.5 Å².